The average molecular weight is 322 g/mol. The largest absolute Gasteiger partial charge is 0.469 e. The van der Waals surface area contributed by atoms with Crippen molar-refractivity contribution >= 4 is 11.9 Å². The van der Waals surface area contributed by atoms with Crippen molar-refractivity contribution in [2.75, 3.05) is 14.2 Å². The Morgan fingerprint density at radius 3 is 1.21 bits per heavy atom. The lowest BCUT2D eigenvalue weighted by molar-refractivity contribution is -0.160. The van der Waals surface area contributed by atoms with Crippen LogP contribution in [0.15, 0.2) is 48.5 Å². The number of hydrogen-bond acceptors (Lipinski definition) is 4. The monoisotopic (exact) mass is 322 g/mol. The predicted molar refractivity (Wildman–Crippen MR) is 87.6 cm³/mol. The van der Waals surface area contributed by atoms with Gasteiger partial charge >= 0.3 is 11.9 Å². The Morgan fingerprint density at radius 1 is 0.667 bits per heavy atom. The number of carbonyl (C=O) groups is 2. The second kappa shape index (κ2) is 5.48. The van der Waals surface area contributed by atoms with Crippen molar-refractivity contribution in [3.8, 4) is 0 Å². The summed E-state index contributed by atoms with van der Waals surface area (Å²) in [5, 5.41) is 0. The lowest BCUT2D eigenvalue weighted by Crippen LogP contribution is -2.47. The molecule has 0 fully saturated rings. The van der Waals surface area contributed by atoms with Crippen molar-refractivity contribution in [1.82, 2.24) is 0 Å². The average Bonchev–Trinajstić information content (AvgIpc) is 2.66. The minimum absolute atomic E-state index is 0.182. The molecule has 2 aromatic rings. The molecule has 2 bridgehead atoms. The van der Waals surface area contributed by atoms with Gasteiger partial charge in [-0.1, -0.05) is 48.5 Å². The molecule has 0 aliphatic heterocycles. The van der Waals surface area contributed by atoms with E-state index in [2.05, 4.69) is 0 Å². The van der Waals surface area contributed by atoms with Gasteiger partial charge in [0.05, 0.1) is 26.1 Å². The van der Waals surface area contributed by atoms with Gasteiger partial charge in [0.15, 0.2) is 0 Å². The first-order valence-electron chi connectivity index (χ1n) is 8.02. The van der Waals surface area contributed by atoms with Gasteiger partial charge in [0, 0.05) is 11.8 Å². The van der Waals surface area contributed by atoms with Crippen LogP contribution in [0.1, 0.15) is 34.1 Å². The number of fused-ring (bicyclic) bond motifs is 1. The minimum atomic E-state index is -0.558. The lowest BCUT2D eigenvalue weighted by Gasteiger charge is -2.48. The number of benzene rings is 2. The van der Waals surface area contributed by atoms with Crippen molar-refractivity contribution in [1.29, 1.82) is 0 Å². The Morgan fingerprint density at radius 2 is 0.958 bits per heavy atom. The van der Waals surface area contributed by atoms with Gasteiger partial charge in [-0.3, -0.25) is 9.59 Å². The van der Waals surface area contributed by atoms with Crippen molar-refractivity contribution in [2.45, 2.75) is 11.8 Å². The standard InChI is InChI=1S/C20H18O4/c1-23-19(21)17-15-11-7-3-5-9-13(11)16(18(17)20(22)24-2)14-10-6-4-8-12(14)15/h3-10,15-18H,1-2H3/t15?,16?,17-,18-/m1/s1. The third kappa shape index (κ3) is 1.86. The van der Waals surface area contributed by atoms with E-state index < -0.39 is 11.8 Å². The molecule has 5 rings (SSSR count). The summed E-state index contributed by atoms with van der Waals surface area (Å²) in [6, 6.07) is 16.1. The Bertz CT molecular complexity index is 710. The van der Waals surface area contributed by atoms with Crippen LogP contribution in [0.3, 0.4) is 0 Å². The Kier molecular flexibility index (Phi) is 3.41. The molecule has 0 unspecified atom stereocenters. The van der Waals surface area contributed by atoms with E-state index in [1.54, 1.807) is 0 Å². The van der Waals surface area contributed by atoms with Gasteiger partial charge in [-0.2, -0.15) is 0 Å². The van der Waals surface area contributed by atoms with Crippen molar-refractivity contribution in [2.24, 2.45) is 11.8 Å². The van der Waals surface area contributed by atoms with Crippen LogP contribution in [0.4, 0.5) is 0 Å². The maximum absolute atomic E-state index is 12.6. The topological polar surface area (TPSA) is 52.6 Å². The number of hydrogen-bond donors (Lipinski definition) is 0. The van der Waals surface area contributed by atoms with Crippen LogP contribution in [0, 0.1) is 11.8 Å². The first kappa shape index (κ1) is 14.9. The molecule has 2 atom stereocenters. The van der Waals surface area contributed by atoms with Crippen LogP contribution in [-0.2, 0) is 19.1 Å². The van der Waals surface area contributed by atoms with Crippen molar-refractivity contribution < 1.29 is 19.1 Å². The third-order valence-electron chi connectivity index (χ3n) is 5.38. The van der Waals surface area contributed by atoms with Crippen LogP contribution >= 0.6 is 0 Å². The van der Waals surface area contributed by atoms with Crippen LogP contribution in [0.5, 0.6) is 0 Å². The molecule has 122 valence electrons. The molecule has 0 amide bonds. The zero-order valence-corrected chi connectivity index (χ0v) is 13.6. The first-order chi connectivity index (χ1) is 11.7. The summed E-state index contributed by atoms with van der Waals surface area (Å²) in [7, 11) is 2.74. The summed E-state index contributed by atoms with van der Waals surface area (Å²) >= 11 is 0. The van der Waals surface area contributed by atoms with Gasteiger partial charge in [0.1, 0.15) is 0 Å². The maximum atomic E-state index is 12.6. The van der Waals surface area contributed by atoms with E-state index in [9.17, 15) is 9.59 Å². The smallest absolute Gasteiger partial charge is 0.310 e. The van der Waals surface area contributed by atoms with E-state index in [0.29, 0.717) is 0 Å². The summed E-state index contributed by atoms with van der Waals surface area (Å²) in [4.78, 5) is 25.2. The van der Waals surface area contributed by atoms with Gasteiger partial charge in [-0.25, -0.2) is 0 Å². The van der Waals surface area contributed by atoms with Gasteiger partial charge in [0.2, 0.25) is 0 Å². The highest BCUT2D eigenvalue weighted by molar-refractivity contribution is 5.87. The number of methoxy groups -OCH3 is 2. The van der Waals surface area contributed by atoms with Crippen molar-refractivity contribution in [3.05, 3.63) is 70.8 Å². The van der Waals surface area contributed by atoms with Crippen LogP contribution in [0.2, 0.25) is 0 Å². The molecular weight excluding hydrogens is 304 g/mol. The number of rotatable bonds is 2. The van der Waals surface area contributed by atoms with E-state index in [1.807, 2.05) is 48.5 Å². The predicted octanol–water partition coefficient (Wildman–Crippen LogP) is 2.86. The van der Waals surface area contributed by atoms with Gasteiger partial charge in [0.25, 0.3) is 0 Å². The Balaban J connectivity index is 2.02. The fourth-order valence-electron chi connectivity index (χ4n) is 4.52. The van der Waals surface area contributed by atoms with Gasteiger partial charge in [-0.15, -0.1) is 0 Å². The fourth-order valence-corrected chi connectivity index (χ4v) is 4.52. The fraction of sp³-hybridized carbons (Fsp3) is 0.300. The SMILES string of the molecule is COC(=O)[C@@H]1C2c3ccccc3C(c3ccccc32)[C@H]1C(=O)OC. The Hall–Kier alpha value is -2.62. The summed E-state index contributed by atoms with van der Waals surface area (Å²) in [6.45, 7) is 0. The molecule has 4 heteroatoms. The van der Waals surface area contributed by atoms with Crippen LogP contribution < -0.4 is 0 Å². The third-order valence-corrected chi connectivity index (χ3v) is 5.38. The normalized spacial score (nSPS) is 26.2. The lowest BCUT2D eigenvalue weighted by atomic mass is 9.54. The second-order valence-electron chi connectivity index (χ2n) is 6.31. The molecule has 2 aromatic carbocycles. The summed E-state index contributed by atoms with van der Waals surface area (Å²) in [5.74, 6) is -2.19. The minimum Gasteiger partial charge on any atom is -0.469 e. The molecule has 0 aromatic heterocycles. The molecular formula is C20H18O4. The molecule has 0 N–H and O–H groups in total. The summed E-state index contributed by atoms with van der Waals surface area (Å²) in [6.07, 6.45) is 0. The van der Waals surface area contributed by atoms with E-state index in [0.717, 1.165) is 22.3 Å². The molecule has 4 nitrogen and oxygen atoms in total. The summed E-state index contributed by atoms with van der Waals surface area (Å²) < 4.78 is 10.1. The molecule has 0 saturated heterocycles. The molecule has 0 spiro atoms. The molecule has 0 saturated carbocycles. The molecule has 0 heterocycles. The number of carbonyl (C=O) groups excluding carboxylic acids is 2. The molecule has 3 aliphatic rings. The summed E-state index contributed by atoms with van der Waals surface area (Å²) in [5.41, 5.74) is 4.43. The highest BCUT2D eigenvalue weighted by Crippen LogP contribution is 2.58. The van der Waals surface area contributed by atoms with Gasteiger partial charge in [-0.05, 0) is 22.3 Å². The maximum Gasteiger partial charge on any atom is 0.310 e. The number of esters is 2. The zero-order chi connectivity index (χ0) is 16.8. The van der Waals surface area contributed by atoms with Gasteiger partial charge < -0.3 is 9.47 Å². The van der Waals surface area contributed by atoms with Crippen LogP contribution in [-0.4, -0.2) is 26.2 Å². The number of ether oxygens (including phenoxy) is 2. The Labute approximate surface area is 140 Å². The van der Waals surface area contributed by atoms with Crippen molar-refractivity contribution in [3.63, 3.8) is 0 Å². The van der Waals surface area contributed by atoms with Crippen LogP contribution in [0.25, 0.3) is 0 Å². The highest BCUT2D eigenvalue weighted by Gasteiger charge is 2.56. The highest BCUT2D eigenvalue weighted by atomic mass is 16.5. The molecule has 0 radical (unpaired) electrons. The van der Waals surface area contributed by atoms with E-state index >= 15 is 0 Å². The zero-order valence-electron chi connectivity index (χ0n) is 13.6. The molecule has 24 heavy (non-hydrogen) atoms. The quantitative estimate of drug-likeness (QED) is 0.798. The van der Waals surface area contributed by atoms with E-state index in [1.165, 1.54) is 14.2 Å². The second-order valence-corrected chi connectivity index (χ2v) is 6.31. The van der Waals surface area contributed by atoms with E-state index in [-0.39, 0.29) is 23.8 Å². The van der Waals surface area contributed by atoms with E-state index in [4.69, 9.17) is 9.47 Å². The first-order valence-corrected chi connectivity index (χ1v) is 8.02. The molecule has 3 aliphatic carbocycles.